The molecule has 0 aliphatic carbocycles. The molecule has 98 valence electrons. The lowest BCUT2D eigenvalue weighted by Gasteiger charge is -2.19. The molecule has 1 heterocycles. The molecule has 0 atom stereocenters. The van der Waals surface area contributed by atoms with Crippen LogP contribution < -0.4 is 4.72 Å². The van der Waals surface area contributed by atoms with E-state index < -0.39 is 10.0 Å². The number of nitrogens with one attached hydrogen (secondary N) is 2. The molecule has 0 aromatic carbocycles. The van der Waals surface area contributed by atoms with Crippen molar-refractivity contribution in [3.05, 3.63) is 12.5 Å². The van der Waals surface area contributed by atoms with Crippen LogP contribution in [0, 0.1) is 0 Å². The summed E-state index contributed by atoms with van der Waals surface area (Å²) < 4.78 is 26.0. The third kappa shape index (κ3) is 4.45. The smallest absolute Gasteiger partial charge is 0.257 e. The minimum absolute atomic E-state index is 0.107. The average Bonchev–Trinajstić information content (AvgIpc) is 2.81. The Labute approximate surface area is 102 Å². The Kier molecular flexibility index (Phi) is 5.60. The van der Waals surface area contributed by atoms with Crippen LogP contribution in [0.3, 0.4) is 0 Å². The zero-order valence-corrected chi connectivity index (χ0v) is 11.1. The molecule has 7 heteroatoms. The summed E-state index contributed by atoms with van der Waals surface area (Å²) in [5.74, 6) is 0. The number of nitrogens with zero attached hydrogens (tertiary/aromatic N) is 2. The summed E-state index contributed by atoms with van der Waals surface area (Å²) in [5, 5.41) is 0.107. The Morgan fingerprint density at radius 2 is 2.18 bits per heavy atom. The lowest BCUT2D eigenvalue weighted by atomic mass is 10.4. The average molecular weight is 260 g/mol. The minimum atomic E-state index is -3.43. The molecule has 0 aliphatic rings. The highest BCUT2D eigenvalue weighted by Gasteiger charge is 2.14. The normalized spacial score (nSPS) is 12.2. The Hall–Kier alpha value is -0.920. The molecule has 1 aromatic rings. The fourth-order valence-electron chi connectivity index (χ4n) is 1.55. The third-order valence-electron chi connectivity index (χ3n) is 2.47. The van der Waals surface area contributed by atoms with Crippen LogP contribution in [0.5, 0.6) is 0 Å². The van der Waals surface area contributed by atoms with Gasteiger partial charge in [0.05, 0.1) is 12.5 Å². The van der Waals surface area contributed by atoms with Crippen LogP contribution in [-0.4, -0.2) is 49.5 Å². The summed E-state index contributed by atoms with van der Waals surface area (Å²) in [4.78, 5) is 8.48. The van der Waals surface area contributed by atoms with Gasteiger partial charge in [-0.2, -0.15) is 0 Å². The van der Waals surface area contributed by atoms with E-state index >= 15 is 0 Å². The van der Waals surface area contributed by atoms with Crippen molar-refractivity contribution in [1.82, 2.24) is 19.6 Å². The Bertz CT molecular complexity index is 402. The first-order chi connectivity index (χ1) is 8.10. The van der Waals surface area contributed by atoms with E-state index in [0.717, 1.165) is 26.1 Å². The van der Waals surface area contributed by atoms with E-state index in [1.165, 1.54) is 12.5 Å². The Balaban J connectivity index is 2.41. The fraction of sp³-hybridized carbons (Fsp3) is 0.700. The number of imidazole rings is 1. The zero-order valence-electron chi connectivity index (χ0n) is 10.3. The van der Waals surface area contributed by atoms with Gasteiger partial charge >= 0.3 is 0 Å². The SMILES string of the molecule is CCCN(CC)CCNS(=O)(=O)c1cnc[nH]1. The van der Waals surface area contributed by atoms with Gasteiger partial charge in [0.25, 0.3) is 10.0 Å². The van der Waals surface area contributed by atoms with Crippen molar-refractivity contribution in [1.29, 1.82) is 0 Å². The van der Waals surface area contributed by atoms with E-state index in [1.54, 1.807) is 0 Å². The van der Waals surface area contributed by atoms with Crippen LogP contribution in [0.25, 0.3) is 0 Å². The molecule has 0 unspecified atom stereocenters. The van der Waals surface area contributed by atoms with Gasteiger partial charge in [-0.05, 0) is 19.5 Å². The summed E-state index contributed by atoms with van der Waals surface area (Å²) in [7, 11) is -3.43. The minimum Gasteiger partial charge on any atom is -0.335 e. The third-order valence-corrected chi connectivity index (χ3v) is 3.86. The molecule has 2 N–H and O–H groups in total. The summed E-state index contributed by atoms with van der Waals surface area (Å²) in [6.07, 6.45) is 3.72. The van der Waals surface area contributed by atoms with Crippen LogP contribution in [0.4, 0.5) is 0 Å². The molecule has 1 aromatic heterocycles. The molecule has 0 radical (unpaired) electrons. The van der Waals surface area contributed by atoms with Gasteiger partial charge in [0, 0.05) is 13.1 Å². The molecular weight excluding hydrogens is 240 g/mol. The molecule has 0 saturated heterocycles. The van der Waals surface area contributed by atoms with E-state index in [4.69, 9.17) is 0 Å². The highest BCUT2D eigenvalue weighted by Crippen LogP contribution is 2.01. The maximum absolute atomic E-state index is 11.7. The van der Waals surface area contributed by atoms with Crippen LogP contribution in [-0.2, 0) is 10.0 Å². The van der Waals surface area contributed by atoms with E-state index in [2.05, 4.69) is 33.4 Å². The van der Waals surface area contributed by atoms with E-state index in [9.17, 15) is 8.42 Å². The van der Waals surface area contributed by atoms with Gasteiger partial charge in [-0.3, -0.25) is 0 Å². The topological polar surface area (TPSA) is 78.1 Å². The summed E-state index contributed by atoms with van der Waals surface area (Å²) >= 11 is 0. The number of rotatable bonds is 8. The first kappa shape index (κ1) is 14.1. The van der Waals surface area contributed by atoms with Crippen molar-refractivity contribution in [2.75, 3.05) is 26.2 Å². The highest BCUT2D eigenvalue weighted by atomic mass is 32.2. The monoisotopic (exact) mass is 260 g/mol. The largest absolute Gasteiger partial charge is 0.335 e. The molecular formula is C10H20N4O2S. The van der Waals surface area contributed by atoms with Gasteiger partial charge in [0.2, 0.25) is 0 Å². The zero-order chi connectivity index (χ0) is 12.7. The van der Waals surface area contributed by atoms with Crippen molar-refractivity contribution >= 4 is 10.0 Å². The number of aromatic amines is 1. The number of hydrogen-bond acceptors (Lipinski definition) is 4. The van der Waals surface area contributed by atoms with E-state index in [0.29, 0.717) is 6.54 Å². The number of likely N-dealkylation sites (N-methyl/N-ethyl adjacent to an activating group) is 1. The second kappa shape index (κ2) is 6.73. The second-order valence-corrected chi connectivity index (χ2v) is 5.48. The lowest BCUT2D eigenvalue weighted by Crippen LogP contribution is -2.35. The van der Waals surface area contributed by atoms with Crippen LogP contribution in [0.1, 0.15) is 20.3 Å². The highest BCUT2D eigenvalue weighted by molar-refractivity contribution is 7.89. The van der Waals surface area contributed by atoms with Crippen molar-refractivity contribution in [2.24, 2.45) is 0 Å². The standard InChI is InChI=1S/C10H20N4O2S/c1-3-6-14(4-2)7-5-13-17(15,16)10-8-11-9-12-10/h8-9,13H,3-7H2,1-2H3,(H,11,12). The molecule has 17 heavy (non-hydrogen) atoms. The predicted octanol–water partition coefficient (Wildman–Crippen LogP) is 0.420. The predicted molar refractivity (Wildman–Crippen MR) is 66.2 cm³/mol. The van der Waals surface area contributed by atoms with Gasteiger partial charge in [0.1, 0.15) is 0 Å². The van der Waals surface area contributed by atoms with Crippen LogP contribution >= 0.6 is 0 Å². The number of aromatic nitrogens is 2. The lowest BCUT2D eigenvalue weighted by molar-refractivity contribution is 0.293. The van der Waals surface area contributed by atoms with Crippen LogP contribution in [0.15, 0.2) is 17.6 Å². The van der Waals surface area contributed by atoms with Crippen molar-refractivity contribution < 1.29 is 8.42 Å². The summed E-state index contributed by atoms with van der Waals surface area (Å²) in [5.41, 5.74) is 0. The fourth-order valence-corrected chi connectivity index (χ4v) is 2.47. The molecule has 0 amide bonds. The Morgan fingerprint density at radius 1 is 1.41 bits per heavy atom. The first-order valence-corrected chi connectivity index (χ1v) is 7.28. The maximum Gasteiger partial charge on any atom is 0.257 e. The summed E-state index contributed by atoms with van der Waals surface area (Å²) in [6.45, 7) is 7.23. The van der Waals surface area contributed by atoms with Gasteiger partial charge in [0.15, 0.2) is 5.03 Å². The molecule has 1 rings (SSSR count). The van der Waals surface area contributed by atoms with Crippen molar-refractivity contribution in [2.45, 2.75) is 25.3 Å². The molecule has 0 saturated carbocycles. The second-order valence-electron chi connectivity index (χ2n) is 3.75. The summed E-state index contributed by atoms with van der Waals surface area (Å²) in [6, 6.07) is 0. The maximum atomic E-state index is 11.7. The van der Waals surface area contributed by atoms with E-state index in [-0.39, 0.29) is 5.03 Å². The Morgan fingerprint density at radius 3 is 2.71 bits per heavy atom. The molecule has 6 nitrogen and oxygen atoms in total. The van der Waals surface area contributed by atoms with Gasteiger partial charge in [-0.15, -0.1) is 0 Å². The first-order valence-electron chi connectivity index (χ1n) is 5.80. The van der Waals surface area contributed by atoms with Crippen molar-refractivity contribution in [3.8, 4) is 0 Å². The molecule has 0 aliphatic heterocycles. The van der Waals surface area contributed by atoms with Gasteiger partial charge in [-0.1, -0.05) is 13.8 Å². The number of hydrogen-bond donors (Lipinski definition) is 2. The number of H-pyrrole nitrogens is 1. The van der Waals surface area contributed by atoms with Crippen LogP contribution in [0.2, 0.25) is 0 Å². The quantitative estimate of drug-likeness (QED) is 0.710. The van der Waals surface area contributed by atoms with E-state index in [1.807, 2.05) is 0 Å². The molecule has 0 fully saturated rings. The molecule has 0 bridgehead atoms. The molecule has 0 spiro atoms. The van der Waals surface area contributed by atoms with Crippen molar-refractivity contribution in [3.63, 3.8) is 0 Å². The van der Waals surface area contributed by atoms with Gasteiger partial charge in [-0.25, -0.2) is 18.1 Å². The van der Waals surface area contributed by atoms with Gasteiger partial charge < -0.3 is 9.88 Å². The number of sulfonamides is 1.